The first-order valence-corrected chi connectivity index (χ1v) is 11.4. The quantitative estimate of drug-likeness (QED) is 0.333. The lowest BCUT2D eigenvalue weighted by Crippen LogP contribution is -2.07. The van der Waals surface area contributed by atoms with Gasteiger partial charge in [0.15, 0.2) is 0 Å². The van der Waals surface area contributed by atoms with Crippen LogP contribution in [0.2, 0.25) is 5.02 Å². The van der Waals surface area contributed by atoms with Crippen LogP contribution in [0.5, 0.6) is 0 Å². The minimum absolute atomic E-state index is 0.516. The van der Waals surface area contributed by atoms with Crippen LogP contribution < -0.4 is 5.73 Å². The van der Waals surface area contributed by atoms with Gasteiger partial charge in [0, 0.05) is 23.2 Å². The number of anilines is 1. The summed E-state index contributed by atoms with van der Waals surface area (Å²) >= 11 is 6.45. The summed E-state index contributed by atoms with van der Waals surface area (Å²) < 4.78 is 2.20. The fourth-order valence-corrected chi connectivity index (χ4v) is 4.31. The van der Waals surface area contributed by atoms with Crippen LogP contribution in [0.15, 0.2) is 85.1 Å². The number of hydrogen-bond donors (Lipinski definition) is 1. The Morgan fingerprint density at radius 1 is 0.912 bits per heavy atom. The van der Waals surface area contributed by atoms with Crippen LogP contribution >= 0.6 is 11.6 Å². The second kappa shape index (κ2) is 9.38. The Morgan fingerprint density at radius 3 is 2.44 bits per heavy atom. The van der Waals surface area contributed by atoms with Gasteiger partial charge in [-0.3, -0.25) is 0 Å². The summed E-state index contributed by atoms with van der Waals surface area (Å²) in [5.41, 5.74) is 12.5. The smallest absolute Gasteiger partial charge is 0.123 e. The molecule has 0 saturated heterocycles. The number of nitrogens with zero attached hydrogens (tertiary/aromatic N) is 4. The summed E-state index contributed by atoms with van der Waals surface area (Å²) in [7, 11) is 0. The molecule has 166 valence electrons. The van der Waals surface area contributed by atoms with Gasteiger partial charge in [-0.25, -0.2) is 9.97 Å². The molecule has 2 heterocycles. The first-order chi connectivity index (χ1) is 16.6. The van der Waals surface area contributed by atoms with E-state index in [0.717, 1.165) is 51.4 Å². The first-order valence-electron chi connectivity index (χ1n) is 11.0. The van der Waals surface area contributed by atoms with Gasteiger partial charge < -0.3 is 10.3 Å². The minimum atomic E-state index is 0.516. The maximum atomic E-state index is 9.30. The van der Waals surface area contributed by atoms with Crippen LogP contribution in [0.25, 0.3) is 22.2 Å². The van der Waals surface area contributed by atoms with E-state index >= 15 is 0 Å². The van der Waals surface area contributed by atoms with Crippen molar-refractivity contribution in [2.45, 2.75) is 19.4 Å². The molecule has 2 aromatic heterocycles. The third kappa shape index (κ3) is 4.50. The van der Waals surface area contributed by atoms with E-state index in [4.69, 9.17) is 22.3 Å². The van der Waals surface area contributed by atoms with E-state index in [1.54, 1.807) is 6.20 Å². The first kappa shape index (κ1) is 21.7. The molecular weight excluding hydrogens is 442 g/mol. The Balaban J connectivity index is 1.42. The fourth-order valence-electron chi connectivity index (χ4n) is 4.11. The third-order valence-electron chi connectivity index (χ3n) is 5.95. The molecule has 0 amide bonds. The molecule has 0 aliphatic carbocycles. The summed E-state index contributed by atoms with van der Waals surface area (Å²) in [5, 5.41) is 10.0. The summed E-state index contributed by atoms with van der Waals surface area (Å²) in [5.74, 6) is 1.48. The maximum absolute atomic E-state index is 9.30. The van der Waals surface area contributed by atoms with Crippen molar-refractivity contribution in [1.82, 2.24) is 14.5 Å². The Hall–Kier alpha value is -4.14. The van der Waals surface area contributed by atoms with Crippen molar-refractivity contribution >= 4 is 28.5 Å². The highest BCUT2D eigenvalue weighted by atomic mass is 35.5. The van der Waals surface area contributed by atoms with Crippen molar-refractivity contribution in [3.8, 4) is 17.2 Å². The van der Waals surface area contributed by atoms with Crippen LogP contribution in [0.4, 0.5) is 5.82 Å². The van der Waals surface area contributed by atoms with Gasteiger partial charge in [-0.1, -0.05) is 54.1 Å². The summed E-state index contributed by atoms with van der Waals surface area (Å²) in [4.78, 5) is 9.06. The van der Waals surface area contributed by atoms with Gasteiger partial charge in [0.25, 0.3) is 0 Å². The van der Waals surface area contributed by atoms with E-state index in [1.165, 1.54) is 5.56 Å². The summed E-state index contributed by atoms with van der Waals surface area (Å²) in [6.45, 7) is 0.625. The molecule has 5 nitrogen and oxygen atoms in total. The van der Waals surface area contributed by atoms with Gasteiger partial charge in [-0.05, 0) is 59.5 Å². The van der Waals surface area contributed by atoms with E-state index in [-0.39, 0.29) is 0 Å². The minimum Gasteiger partial charge on any atom is -0.384 e. The largest absolute Gasteiger partial charge is 0.384 e. The van der Waals surface area contributed by atoms with Gasteiger partial charge in [0.2, 0.25) is 0 Å². The summed E-state index contributed by atoms with van der Waals surface area (Å²) in [6.07, 6.45) is 3.40. The average Bonchev–Trinajstić information content (AvgIpc) is 3.21. The van der Waals surface area contributed by atoms with Crippen molar-refractivity contribution in [1.29, 1.82) is 5.26 Å². The molecule has 0 aliphatic heterocycles. The normalized spacial score (nSPS) is 10.9. The molecule has 2 N–H and O–H groups in total. The van der Waals surface area contributed by atoms with Gasteiger partial charge in [0.1, 0.15) is 11.6 Å². The van der Waals surface area contributed by atoms with Gasteiger partial charge in [-0.15, -0.1) is 0 Å². The lowest BCUT2D eigenvalue weighted by molar-refractivity contribution is 0.730. The Morgan fingerprint density at radius 2 is 1.71 bits per heavy atom. The van der Waals surface area contributed by atoms with Crippen molar-refractivity contribution in [3.05, 3.63) is 113 Å². The number of aromatic nitrogens is 3. The number of nitrogen functional groups attached to an aromatic ring is 1. The molecule has 0 saturated carbocycles. The Bertz CT molecular complexity index is 1500. The summed E-state index contributed by atoms with van der Waals surface area (Å²) in [6, 6.07) is 28.0. The number of fused-ring (bicyclic) bond motifs is 1. The topological polar surface area (TPSA) is 80.5 Å². The molecule has 5 rings (SSSR count). The molecule has 0 aliphatic rings. The molecule has 0 unspecified atom stereocenters. The van der Waals surface area contributed by atoms with Crippen molar-refractivity contribution in [2.75, 3.05) is 5.73 Å². The monoisotopic (exact) mass is 463 g/mol. The molecule has 5 aromatic rings. The van der Waals surface area contributed by atoms with Crippen LogP contribution in [0.3, 0.4) is 0 Å². The van der Waals surface area contributed by atoms with E-state index in [2.05, 4.69) is 39.9 Å². The predicted molar refractivity (Wildman–Crippen MR) is 136 cm³/mol. The second-order valence-corrected chi connectivity index (χ2v) is 8.60. The number of halogens is 1. The molecule has 0 fully saturated rings. The van der Waals surface area contributed by atoms with Gasteiger partial charge in [-0.2, -0.15) is 5.26 Å². The maximum Gasteiger partial charge on any atom is 0.123 e. The number of aryl methyl sites for hydroxylation is 2. The predicted octanol–water partition coefficient (Wildman–Crippen LogP) is 6.04. The van der Waals surface area contributed by atoms with E-state index < -0.39 is 0 Å². The zero-order valence-electron chi connectivity index (χ0n) is 18.4. The average molecular weight is 464 g/mol. The third-order valence-corrected chi connectivity index (χ3v) is 6.32. The second-order valence-electron chi connectivity index (χ2n) is 8.19. The van der Waals surface area contributed by atoms with Gasteiger partial charge >= 0.3 is 0 Å². The highest BCUT2D eigenvalue weighted by molar-refractivity contribution is 6.31. The number of benzene rings is 3. The standard InChI is InChI=1S/C28H22ClN5/c29-24-4-2-1-3-23(24)18-34-26-12-7-20(16-30)15-25(26)33-28(34)14-8-19-5-9-21(10-6-19)22-11-13-27(31)32-17-22/h1-7,9-13,15,17H,8,14,18H2,(H2,31,32). The van der Waals surface area contributed by atoms with Crippen LogP contribution in [0, 0.1) is 11.3 Å². The number of imidazole rings is 1. The molecule has 3 aromatic carbocycles. The number of pyridine rings is 1. The Kier molecular flexibility index (Phi) is 5.99. The zero-order valence-corrected chi connectivity index (χ0v) is 19.2. The molecule has 0 atom stereocenters. The number of nitrogens with two attached hydrogens (primary N) is 1. The van der Waals surface area contributed by atoms with Crippen molar-refractivity contribution in [3.63, 3.8) is 0 Å². The number of hydrogen-bond acceptors (Lipinski definition) is 4. The van der Waals surface area contributed by atoms with E-state index in [9.17, 15) is 5.26 Å². The molecule has 0 spiro atoms. The number of nitriles is 1. The van der Waals surface area contributed by atoms with Crippen molar-refractivity contribution in [2.24, 2.45) is 0 Å². The van der Waals surface area contributed by atoms with Crippen molar-refractivity contribution < 1.29 is 0 Å². The van der Waals surface area contributed by atoms with Crippen LogP contribution in [-0.2, 0) is 19.4 Å². The van der Waals surface area contributed by atoms with E-state index in [1.807, 2.05) is 54.6 Å². The SMILES string of the molecule is N#Cc1ccc2c(c1)nc(CCc1ccc(-c3ccc(N)nc3)cc1)n2Cc1ccccc1Cl. The molecule has 0 bridgehead atoms. The molecule has 6 heteroatoms. The van der Waals surface area contributed by atoms with Gasteiger partial charge in [0.05, 0.1) is 29.2 Å². The Labute approximate surface area is 203 Å². The highest BCUT2D eigenvalue weighted by Crippen LogP contribution is 2.24. The van der Waals surface area contributed by atoms with E-state index in [0.29, 0.717) is 17.9 Å². The molecule has 34 heavy (non-hydrogen) atoms. The number of rotatable bonds is 6. The lowest BCUT2D eigenvalue weighted by Gasteiger charge is -2.11. The van der Waals surface area contributed by atoms with Crippen LogP contribution in [0.1, 0.15) is 22.5 Å². The lowest BCUT2D eigenvalue weighted by atomic mass is 10.0. The fraction of sp³-hybridized carbons (Fsp3) is 0.107. The molecular formula is C28H22ClN5. The zero-order chi connectivity index (χ0) is 23.5. The highest BCUT2D eigenvalue weighted by Gasteiger charge is 2.13. The molecule has 0 radical (unpaired) electrons. The van der Waals surface area contributed by atoms with Crippen LogP contribution in [-0.4, -0.2) is 14.5 Å².